The van der Waals surface area contributed by atoms with E-state index < -0.39 is 0 Å². The molecule has 0 aromatic carbocycles. The van der Waals surface area contributed by atoms with Gasteiger partial charge in [-0.05, 0) is 43.6 Å². The molecule has 0 bridgehead atoms. The third-order valence-electron chi connectivity index (χ3n) is 3.90. The topological polar surface area (TPSA) is 52.8 Å². The zero-order valence-corrected chi connectivity index (χ0v) is 15.6. The van der Waals surface area contributed by atoms with E-state index in [0.717, 1.165) is 37.9 Å². The number of furan rings is 1. The first-order valence-corrected chi connectivity index (χ1v) is 9.48. The highest BCUT2D eigenvalue weighted by Crippen LogP contribution is 2.20. The minimum Gasteiger partial charge on any atom is -0.468 e. The third-order valence-corrected chi connectivity index (χ3v) is 4.77. The molecule has 0 spiro atoms. The number of rotatable bonds is 9. The Morgan fingerprint density at radius 2 is 2.04 bits per heavy atom. The summed E-state index contributed by atoms with van der Waals surface area (Å²) in [5.74, 6) is 1.83. The molecule has 2 heterocycles. The smallest absolute Gasteiger partial charge is 0.191 e. The van der Waals surface area contributed by atoms with Crippen LogP contribution < -0.4 is 10.6 Å². The molecule has 132 valence electrons. The van der Waals surface area contributed by atoms with Gasteiger partial charge in [-0.25, -0.2) is 4.99 Å². The molecule has 0 saturated carbocycles. The summed E-state index contributed by atoms with van der Waals surface area (Å²) in [6.45, 7) is 10.7. The first-order valence-electron chi connectivity index (χ1n) is 8.60. The van der Waals surface area contributed by atoms with Gasteiger partial charge in [-0.1, -0.05) is 19.9 Å². The van der Waals surface area contributed by atoms with Gasteiger partial charge in [0.15, 0.2) is 5.96 Å². The zero-order chi connectivity index (χ0) is 17.2. The van der Waals surface area contributed by atoms with Crippen molar-refractivity contribution in [2.24, 2.45) is 4.99 Å². The number of hydrogen-bond acceptors (Lipinski definition) is 4. The molecule has 2 aromatic rings. The summed E-state index contributed by atoms with van der Waals surface area (Å²) in [7, 11) is 0. The first-order chi connectivity index (χ1) is 11.8. The van der Waals surface area contributed by atoms with Gasteiger partial charge in [-0.15, -0.1) is 11.3 Å². The van der Waals surface area contributed by atoms with E-state index in [2.05, 4.69) is 58.8 Å². The molecule has 1 unspecified atom stereocenters. The van der Waals surface area contributed by atoms with E-state index in [1.807, 2.05) is 12.1 Å². The number of thiophene rings is 1. The van der Waals surface area contributed by atoms with E-state index in [1.54, 1.807) is 17.6 Å². The van der Waals surface area contributed by atoms with Crippen LogP contribution in [0.5, 0.6) is 0 Å². The second-order valence-electron chi connectivity index (χ2n) is 5.41. The van der Waals surface area contributed by atoms with E-state index in [4.69, 9.17) is 4.42 Å². The quantitative estimate of drug-likeness (QED) is 0.538. The summed E-state index contributed by atoms with van der Waals surface area (Å²) in [6.07, 6.45) is 1.74. The van der Waals surface area contributed by atoms with Crippen LogP contribution in [0.15, 0.2) is 45.3 Å². The fourth-order valence-corrected chi connectivity index (χ4v) is 3.28. The maximum atomic E-state index is 5.65. The number of nitrogens with zero attached hydrogens (tertiary/aromatic N) is 2. The van der Waals surface area contributed by atoms with Gasteiger partial charge < -0.3 is 15.1 Å². The SMILES string of the molecule is CCNC(=NCc1cccs1)NCC(c1ccco1)N(CC)CC. The molecule has 0 radical (unpaired) electrons. The average Bonchev–Trinajstić information content (AvgIpc) is 3.29. The Morgan fingerprint density at radius 3 is 2.62 bits per heavy atom. The Labute approximate surface area is 148 Å². The Hall–Kier alpha value is -1.79. The second kappa shape index (κ2) is 10.2. The van der Waals surface area contributed by atoms with Crippen molar-refractivity contribution in [3.05, 3.63) is 46.5 Å². The van der Waals surface area contributed by atoms with Crippen molar-refractivity contribution in [3.63, 3.8) is 0 Å². The fourth-order valence-electron chi connectivity index (χ4n) is 2.65. The predicted octanol–water partition coefficient (Wildman–Crippen LogP) is 3.48. The van der Waals surface area contributed by atoms with Gasteiger partial charge in [0, 0.05) is 18.0 Å². The summed E-state index contributed by atoms with van der Waals surface area (Å²) in [5, 5.41) is 8.86. The first kappa shape index (κ1) is 18.5. The van der Waals surface area contributed by atoms with Gasteiger partial charge in [0.1, 0.15) is 5.76 Å². The van der Waals surface area contributed by atoms with Crippen LogP contribution in [0.2, 0.25) is 0 Å². The maximum Gasteiger partial charge on any atom is 0.191 e. The largest absolute Gasteiger partial charge is 0.468 e. The molecule has 24 heavy (non-hydrogen) atoms. The van der Waals surface area contributed by atoms with Crippen LogP contribution in [0.1, 0.15) is 37.5 Å². The number of aliphatic imine (C=N–C) groups is 1. The third kappa shape index (κ3) is 5.39. The van der Waals surface area contributed by atoms with E-state index in [-0.39, 0.29) is 6.04 Å². The summed E-state index contributed by atoms with van der Waals surface area (Å²) in [4.78, 5) is 8.32. The van der Waals surface area contributed by atoms with Gasteiger partial charge in [-0.3, -0.25) is 4.90 Å². The monoisotopic (exact) mass is 348 g/mol. The highest BCUT2D eigenvalue weighted by atomic mass is 32.1. The summed E-state index contributed by atoms with van der Waals surface area (Å²) in [6, 6.07) is 8.35. The van der Waals surface area contributed by atoms with Crippen molar-refractivity contribution in [1.29, 1.82) is 0 Å². The molecule has 0 saturated heterocycles. The van der Waals surface area contributed by atoms with E-state index >= 15 is 0 Å². The minimum absolute atomic E-state index is 0.195. The highest BCUT2D eigenvalue weighted by molar-refractivity contribution is 7.09. The molecular formula is C18H28N4OS. The number of likely N-dealkylation sites (N-methyl/N-ethyl adjacent to an activating group) is 1. The van der Waals surface area contributed by atoms with Crippen LogP contribution >= 0.6 is 11.3 Å². The molecule has 2 rings (SSSR count). The molecule has 0 aliphatic rings. The molecule has 0 fully saturated rings. The Bertz CT molecular complexity index is 576. The van der Waals surface area contributed by atoms with E-state index in [1.165, 1.54) is 4.88 Å². The maximum absolute atomic E-state index is 5.65. The number of nitrogens with one attached hydrogen (secondary N) is 2. The minimum atomic E-state index is 0.195. The Balaban J connectivity index is 2.02. The van der Waals surface area contributed by atoms with Crippen molar-refractivity contribution in [1.82, 2.24) is 15.5 Å². The van der Waals surface area contributed by atoms with Gasteiger partial charge in [0.2, 0.25) is 0 Å². The van der Waals surface area contributed by atoms with Gasteiger partial charge >= 0.3 is 0 Å². The van der Waals surface area contributed by atoms with Crippen molar-refractivity contribution in [2.75, 3.05) is 26.2 Å². The summed E-state index contributed by atoms with van der Waals surface area (Å²) < 4.78 is 5.65. The molecule has 5 nitrogen and oxygen atoms in total. The average molecular weight is 349 g/mol. The van der Waals surface area contributed by atoms with Crippen molar-refractivity contribution in [3.8, 4) is 0 Å². The van der Waals surface area contributed by atoms with Crippen molar-refractivity contribution < 1.29 is 4.42 Å². The van der Waals surface area contributed by atoms with Crippen molar-refractivity contribution in [2.45, 2.75) is 33.4 Å². The summed E-state index contributed by atoms with van der Waals surface area (Å²) in [5.41, 5.74) is 0. The fraction of sp³-hybridized carbons (Fsp3) is 0.500. The highest BCUT2D eigenvalue weighted by Gasteiger charge is 2.20. The lowest BCUT2D eigenvalue weighted by Crippen LogP contribution is -2.43. The molecule has 1 atom stereocenters. The number of hydrogen-bond donors (Lipinski definition) is 2. The van der Waals surface area contributed by atoms with Gasteiger partial charge in [0.05, 0.1) is 18.8 Å². The molecule has 2 N–H and O–H groups in total. The molecule has 6 heteroatoms. The Morgan fingerprint density at radius 1 is 1.21 bits per heavy atom. The van der Waals surface area contributed by atoms with Crippen molar-refractivity contribution >= 4 is 17.3 Å². The normalized spacial score (nSPS) is 13.2. The Kier molecular flexibility index (Phi) is 7.85. The molecule has 2 aromatic heterocycles. The van der Waals surface area contributed by atoms with Gasteiger partial charge in [0.25, 0.3) is 0 Å². The molecular weight excluding hydrogens is 320 g/mol. The molecule has 0 aliphatic heterocycles. The molecule has 0 aliphatic carbocycles. The van der Waals surface area contributed by atoms with E-state index in [9.17, 15) is 0 Å². The lowest BCUT2D eigenvalue weighted by Gasteiger charge is -2.28. The lowest BCUT2D eigenvalue weighted by molar-refractivity contribution is 0.193. The van der Waals surface area contributed by atoms with Crippen LogP contribution in [0.3, 0.4) is 0 Å². The lowest BCUT2D eigenvalue weighted by atomic mass is 10.2. The van der Waals surface area contributed by atoms with Crippen LogP contribution in [-0.2, 0) is 6.54 Å². The van der Waals surface area contributed by atoms with Crippen LogP contribution in [0.4, 0.5) is 0 Å². The van der Waals surface area contributed by atoms with Crippen LogP contribution in [0.25, 0.3) is 0 Å². The van der Waals surface area contributed by atoms with Gasteiger partial charge in [-0.2, -0.15) is 0 Å². The van der Waals surface area contributed by atoms with Crippen LogP contribution in [0, 0.1) is 0 Å². The van der Waals surface area contributed by atoms with E-state index in [0.29, 0.717) is 6.54 Å². The van der Waals surface area contributed by atoms with Crippen LogP contribution in [-0.4, -0.2) is 37.0 Å². The molecule has 0 amide bonds. The zero-order valence-electron chi connectivity index (χ0n) is 14.8. The standard InChI is InChI=1S/C18H28N4OS/c1-4-19-18(20-13-15-9-8-12-24-15)21-14-16(22(5-2)6-3)17-10-7-11-23-17/h7-12,16H,4-6,13-14H2,1-3H3,(H2,19,20,21). The predicted molar refractivity (Wildman–Crippen MR) is 102 cm³/mol. The number of guanidine groups is 1. The summed E-state index contributed by atoms with van der Waals surface area (Å²) >= 11 is 1.73. The second-order valence-corrected chi connectivity index (χ2v) is 6.44.